The SMILES string of the molecule is CC(C)(C)C1CC(C(=O)O)(c2ccc([N+](=O)[O-])cc2)C1. The van der Waals surface area contributed by atoms with Gasteiger partial charge in [0.2, 0.25) is 0 Å². The quantitative estimate of drug-likeness (QED) is 0.678. The molecule has 2 rings (SSSR count). The van der Waals surface area contributed by atoms with Crippen molar-refractivity contribution in [1.29, 1.82) is 0 Å². The zero-order chi connectivity index (χ0) is 15.1. The van der Waals surface area contributed by atoms with E-state index in [0.29, 0.717) is 24.3 Å². The molecule has 0 bridgehead atoms. The summed E-state index contributed by atoms with van der Waals surface area (Å²) in [6, 6.07) is 5.91. The Bertz CT molecular complexity index is 536. The molecule has 0 aromatic heterocycles. The molecule has 0 spiro atoms. The summed E-state index contributed by atoms with van der Waals surface area (Å²) in [5.74, 6) is -0.486. The fraction of sp³-hybridized carbons (Fsp3) is 0.533. The van der Waals surface area contributed by atoms with Gasteiger partial charge in [0.1, 0.15) is 0 Å². The van der Waals surface area contributed by atoms with Crippen LogP contribution in [0.3, 0.4) is 0 Å². The van der Waals surface area contributed by atoms with Gasteiger partial charge in [0, 0.05) is 12.1 Å². The van der Waals surface area contributed by atoms with E-state index in [2.05, 4.69) is 20.8 Å². The lowest BCUT2D eigenvalue weighted by Crippen LogP contribution is -2.51. The molecule has 1 N–H and O–H groups in total. The fourth-order valence-electron chi connectivity index (χ4n) is 2.83. The van der Waals surface area contributed by atoms with Crippen LogP contribution in [0.25, 0.3) is 0 Å². The first-order valence-electron chi connectivity index (χ1n) is 6.65. The number of nitrogens with zero attached hydrogens (tertiary/aromatic N) is 1. The monoisotopic (exact) mass is 277 g/mol. The summed E-state index contributed by atoms with van der Waals surface area (Å²) in [7, 11) is 0. The molecule has 0 amide bonds. The van der Waals surface area contributed by atoms with Crippen LogP contribution in [0, 0.1) is 21.4 Å². The van der Waals surface area contributed by atoms with Gasteiger partial charge in [0.15, 0.2) is 0 Å². The zero-order valence-electron chi connectivity index (χ0n) is 11.9. The van der Waals surface area contributed by atoms with Crippen molar-refractivity contribution in [2.75, 3.05) is 0 Å². The van der Waals surface area contributed by atoms with Gasteiger partial charge in [-0.3, -0.25) is 14.9 Å². The van der Waals surface area contributed by atoms with Gasteiger partial charge in [-0.05, 0) is 29.7 Å². The highest BCUT2D eigenvalue weighted by atomic mass is 16.6. The molecular formula is C15H19NO4. The molecule has 0 unspecified atom stereocenters. The van der Waals surface area contributed by atoms with Crippen molar-refractivity contribution < 1.29 is 14.8 Å². The number of carboxylic acid groups (broad SMARTS) is 1. The highest BCUT2D eigenvalue weighted by Crippen LogP contribution is 2.54. The second-order valence-electron chi connectivity index (χ2n) is 6.66. The normalized spacial score (nSPS) is 25.9. The summed E-state index contributed by atoms with van der Waals surface area (Å²) in [5.41, 5.74) is -0.149. The molecule has 0 saturated heterocycles. The Labute approximate surface area is 117 Å². The van der Waals surface area contributed by atoms with Crippen molar-refractivity contribution in [3.05, 3.63) is 39.9 Å². The molecule has 1 fully saturated rings. The summed E-state index contributed by atoms with van der Waals surface area (Å²) in [6.45, 7) is 6.33. The van der Waals surface area contributed by atoms with Gasteiger partial charge in [-0.1, -0.05) is 32.9 Å². The molecule has 1 aliphatic carbocycles. The van der Waals surface area contributed by atoms with Crippen LogP contribution in [0.1, 0.15) is 39.2 Å². The third-order valence-corrected chi connectivity index (χ3v) is 4.45. The molecule has 0 atom stereocenters. The number of non-ortho nitro benzene ring substituents is 1. The summed E-state index contributed by atoms with van der Waals surface area (Å²) in [4.78, 5) is 21.8. The number of hydrogen-bond acceptors (Lipinski definition) is 3. The molecule has 1 saturated carbocycles. The number of hydrogen-bond donors (Lipinski definition) is 1. The third-order valence-electron chi connectivity index (χ3n) is 4.45. The Morgan fingerprint density at radius 3 is 2.15 bits per heavy atom. The average Bonchev–Trinajstić information content (AvgIpc) is 2.25. The number of carbonyl (C=O) groups is 1. The van der Waals surface area contributed by atoms with Crippen molar-refractivity contribution in [3.63, 3.8) is 0 Å². The van der Waals surface area contributed by atoms with Crippen molar-refractivity contribution in [2.45, 2.75) is 39.0 Å². The second kappa shape index (κ2) is 4.58. The topological polar surface area (TPSA) is 80.4 Å². The number of benzene rings is 1. The highest BCUT2D eigenvalue weighted by molar-refractivity contribution is 5.83. The van der Waals surface area contributed by atoms with Crippen LogP contribution in [0.5, 0.6) is 0 Å². The summed E-state index contributed by atoms with van der Waals surface area (Å²) in [6.07, 6.45) is 1.17. The molecule has 5 nitrogen and oxygen atoms in total. The average molecular weight is 277 g/mol. The largest absolute Gasteiger partial charge is 0.481 e. The van der Waals surface area contributed by atoms with Crippen molar-refractivity contribution in [3.8, 4) is 0 Å². The maximum Gasteiger partial charge on any atom is 0.314 e. The molecule has 0 aliphatic heterocycles. The predicted molar refractivity (Wildman–Crippen MR) is 74.6 cm³/mol. The smallest absolute Gasteiger partial charge is 0.314 e. The van der Waals surface area contributed by atoms with Crippen LogP contribution in [0.2, 0.25) is 0 Å². The first kappa shape index (κ1) is 14.5. The van der Waals surface area contributed by atoms with Gasteiger partial charge in [-0.25, -0.2) is 0 Å². The Kier molecular flexibility index (Phi) is 3.32. The summed E-state index contributed by atoms with van der Waals surface area (Å²) in [5, 5.41) is 20.2. The van der Waals surface area contributed by atoms with E-state index in [9.17, 15) is 20.0 Å². The highest BCUT2D eigenvalue weighted by Gasteiger charge is 2.54. The number of aliphatic carboxylic acids is 1. The molecule has 1 aromatic carbocycles. The lowest BCUT2D eigenvalue weighted by atomic mass is 9.52. The number of carboxylic acids is 1. The minimum Gasteiger partial charge on any atom is -0.481 e. The molecule has 0 heterocycles. The minimum atomic E-state index is -0.882. The summed E-state index contributed by atoms with van der Waals surface area (Å²) < 4.78 is 0. The van der Waals surface area contributed by atoms with Gasteiger partial charge < -0.3 is 5.11 Å². The van der Waals surface area contributed by atoms with Gasteiger partial charge >= 0.3 is 5.97 Å². The first-order chi connectivity index (χ1) is 9.17. The van der Waals surface area contributed by atoms with Crippen LogP contribution in [0.4, 0.5) is 5.69 Å². The van der Waals surface area contributed by atoms with E-state index in [1.54, 1.807) is 12.1 Å². The molecular weight excluding hydrogens is 258 g/mol. The third kappa shape index (κ3) is 2.28. The Morgan fingerprint density at radius 2 is 1.80 bits per heavy atom. The van der Waals surface area contributed by atoms with E-state index in [0.717, 1.165) is 0 Å². The van der Waals surface area contributed by atoms with E-state index in [-0.39, 0.29) is 11.1 Å². The van der Waals surface area contributed by atoms with Crippen molar-refractivity contribution in [2.24, 2.45) is 11.3 Å². The maximum atomic E-state index is 11.7. The van der Waals surface area contributed by atoms with Crippen LogP contribution >= 0.6 is 0 Å². The van der Waals surface area contributed by atoms with Crippen LogP contribution in [-0.4, -0.2) is 16.0 Å². The van der Waals surface area contributed by atoms with Gasteiger partial charge in [0.05, 0.1) is 10.3 Å². The number of rotatable bonds is 3. The summed E-state index contributed by atoms with van der Waals surface area (Å²) >= 11 is 0. The molecule has 0 radical (unpaired) electrons. The molecule has 1 aromatic rings. The van der Waals surface area contributed by atoms with Crippen LogP contribution in [0.15, 0.2) is 24.3 Å². The molecule has 108 valence electrons. The minimum absolute atomic E-state index is 0.0130. The van der Waals surface area contributed by atoms with Gasteiger partial charge in [-0.15, -0.1) is 0 Å². The Balaban J connectivity index is 2.28. The lowest BCUT2D eigenvalue weighted by molar-refractivity contribution is -0.384. The molecule has 5 heteroatoms. The molecule has 1 aliphatic rings. The lowest BCUT2D eigenvalue weighted by Gasteiger charge is -2.50. The zero-order valence-corrected chi connectivity index (χ0v) is 11.9. The van der Waals surface area contributed by atoms with Crippen LogP contribution < -0.4 is 0 Å². The Hall–Kier alpha value is -1.91. The van der Waals surface area contributed by atoms with E-state index >= 15 is 0 Å². The van der Waals surface area contributed by atoms with E-state index in [4.69, 9.17) is 0 Å². The predicted octanol–water partition coefficient (Wildman–Crippen LogP) is 3.37. The Morgan fingerprint density at radius 1 is 1.30 bits per heavy atom. The van der Waals surface area contributed by atoms with Gasteiger partial charge in [-0.2, -0.15) is 0 Å². The standard InChI is InChI=1S/C15H19NO4/c1-14(2,3)11-8-15(9-11,13(17)18)10-4-6-12(7-5-10)16(19)20/h4-7,11H,8-9H2,1-3H3,(H,17,18). The van der Waals surface area contributed by atoms with Crippen LogP contribution in [-0.2, 0) is 10.2 Å². The number of nitro groups is 1. The van der Waals surface area contributed by atoms with E-state index in [1.807, 2.05) is 0 Å². The fourth-order valence-corrected chi connectivity index (χ4v) is 2.83. The van der Waals surface area contributed by atoms with E-state index < -0.39 is 16.3 Å². The van der Waals surface area contributed by atoms with E-state index in [1.165, 1.54) is 12.1 Å². The van der Waals surface area contributed by atoms with Crippen molar-refractivity contribution in [1.82, 2.24) is 0 Å². The molecule has 20 heavy (non-hydrogen) atoms. The van der Waals surface area contributed by atoms with Crippen molar-refractivity contribution >= 4 is 11.7 Å². The maximum absolute atomic E-state index is 11.7. The second-order valence-corrected chi connectivity index (χ2v) is 6.66. The van der Waals surface area contributed by atoms with Gasteiger partial charge in [0.25, 0.3) is 5.69 Å². The number of nitro benzene ring substituents is 1. The first-order valence-corrected chi connectivity index (χ1v) is 6.65.